The maximum absolute atomic E-state index is 11.7. The van der Waals surface area contributed by atoms with Crippen LogP contribution in [0.1, 0.15) is 23.9 Å². The van der Waals surface area contributed by atoms with E-state index in [2.05, 4.69) is 4.98 Å². The molecule has 6 heteroatoms. The van der Waals surface area contributed by atoms with Crippen LogP contribution in [0.2, 0.25) is 0 Å². The number of aromatic nitrogens is 1. The number of rotatable bonds is 4. The third-order valence-electron chi connectivity index (χ3n) is 2.17. The quantitative estimate of drug-likeness (QED) is 0.818. The Morgan fingerprint density at radius 2 is 2.00 bits per heavy atom. The fourth-order valence-electron chi connectivity index (χ4n) is 1.10. The Labute approximate surface area is 95.0 Å². The second kappa shape index (κ2) is 4.49. The highest BCUT2D eigenvalue weighted by Crippen LogP contribution is 2.26. The van der Waals surface area contributed by atoms with Gasteiger partial charge in [-0.1, -0.05) is 6.92 Å². The summed E-state index contributed by atoms with van der Waals surface area (Å²) in [6.45, 7) is 5.68. The van der Waals surface area contributed by atoms with Crippen molar-refractivity contribution >= 4 is 26.5 Å². The molecular formula is C9H16N2O2S2. The van der Waals surface area contributed by atoms with Crippen LogP contribution < -0.4 is 4.31 Å². The molecule has 0 radical (unpaired) electrons. The Balaban J connectivity index is 2.99. The molecule has 0 spiro atoms. The van der Waals surface area contributed by atoms with Crippen molar-refractivity contribution < 1.29 is 8.42 Å². The molecular weight excluding hydrogens is 232 g/mol. The number of aryl methyl sites for hydroxylation is 2. The summed E-state index contributed by atoms with van der Waals surface area (Å²) < 4.78 is 24.8. The summed E-state index contributed by atoms with van der Waals surface area (Å²) in [6, 6.07) is 0. The highest BCUT2D eigenvalue weighted by molar-refractivity contribution is 7.92. The van der Waals surface area contributed by atoms with Gasteiger partial charge in [0.2, 0.25) is 10.0 Å². The first-order valence-electron chi connectivity index (χ1n) is 4.79. The molecule has 0 aliphatic heterocycles. The minimum absolute atomic E-state index is 0.168. The topological polar surface area (TPSA) is 50.3 Å². The van der Waals surface area contributed by atoms with Gasteiger partial charge in [0.15, 0.2) is 5.13 Å². The summed E-state index contributed by atoms with van der Waals surface area (Å²) in [4.78, 5) is 5.28. The first-order valence-corrected chi connectivity index (χ1v) is 7.21. The molecule has 0 unspecified atom stereocenters. The predicted octanol–water partition coefficient (Wildman–Crippen LogP) is 1.94. The smallest absolute Gasteiger partial charge is 0.236 e. The molecule has 0 N–H and O–H groups in total. The SMILES string of the molecule is CCCS(=O)(=O)N(C)c1nc(C)c(C)s1. The number of thiazole rings is 1. The van der Waals surface area contributed by atoms with E-state index >= 15 is 0 Å². The van der Waals surface area contributed by atoms with Gasteiger partial charge >= 0.3 is 0 Å². The van der Waals surface area contributed by atoms with E-state index in [1.807, 2.05) is 20.8 Å². The van der Waals surface area contributed by atoms with Gasteiger partial charge in [0.1, 0.15) is 0 Å². The van der Waals surface area contributed by atoms with Crippen molar-refractivity contribution in [3.63, 3.8) is 0 Å². The maximum atomic E-state index is 11.7. The van der Waals surface area contributed by atoms with Crippen LogP contribution >= 0.6 is 11.3 Å². The molecule has 15 heavy (non-hydrogen) atoms. The molecule has 0 aliphatic rings. The van der Waals surface area contributed by atoms with Crippen LogP contribution in [0.3, 0.4) is 0 Å². The molecule has 0 atom stereocenters. The average Bonchev–Trinajstić information content (AvgIpc) is 2.45. The second-order valence-corrected chi connectivity index (χ2v) is 6.72. The summed E-state index contributed by atoms with van der Waals surface area (Å²) in [6.07, 6.45) is 0.621. The van der Waals surface area contributed by atoms with Crippen LogP contribution in [-0.4, -0.2) is 26.2 Å². The lowest BCUT2D eigenvalue weighted by Crippen LogP contribution is -2.28. The Hall–Kier alpha value is -0.620. The van der Waals surface area contributed by atoms with Crippen LogP contribution in [0.4, 0.5) is 5.13 Å². The number of sulfonamides is 1. The second-order valence-electron chi connectivity index (χ2n) is 3.42. The molecule has 0 saturated heterocycles. The van der Waals surface area contributed by atoms with E-state index in [-0.39, 0.29) is 5.75 Å². The zero-order valence-corrected chi connectivity index (χ0v) is 11.1. The summed E-state index contributed by atoms with van der Waals surface area (Å²) in [5, 5.41) is 0.554. The standard InChI is InChI=1S/C9H16N2O2S2/c1-5-6-15(12,13)11(4)9-10-7(2)8(3)14-9/h5-6H2,1-4H3. The molecule has 1 heterocycles. The predicted molar refractivity (Wildman–Crippen MR) is 64.1 cm³/mol. The van der Waals surface area contributed by atoms with Gasteiger partial charge in [-0.15, -0.1) is 11.3 Å². The molecule has 0 saturated carbocycles. The van der Waals surface area contributed by atoms with Gasteiger partial charge in [-0.2, -0.15) is 0 Å². The summed E-state index contributed by atoms with van der Waals surface area (Å²) in [5.41, 5.74) is 0.897. The lowest BCUT2D eigenvalue weighted by atomic mass is 10.4. The van der Waals surface area contributed by atoms with Gasteiger partial charge in [-0.05, 0) is 20.3 Å². The van der Waals surface area contributed by atoms with E-state index in [1.165, 1.54) is 15.6 Å². The van der Waals surface area contributed by atoms with Gasteiger partial charge in [0, 0.05) is 11.9 Å². The van der Waals surface area contributed by atoms with E-state index < -0.39 is 10.0 Å². The van der Waals surface area contributed by atoms with Gasteiger partial charge < -0.3 is 0 Å². The van der Waals surface area contributed by atoms with Crippen molar-refractivity contribution in [2.75, 3.05) is 17.1 Å². The van der Waals surface area contributed by atoms with E-state index in [4.69, 9.17) is 0 Å². The first kappa shape index (κ1) is 12.4. The van der Waals surface area contributed by atoms with E-state index in [1.54, 1.807) is 7.05 Å². The summed E-state index contributed by atoms with van der Waals surface area (Å²) in [5.74, 6) is 0.168. The molecule has 1 aromatic heterocycles. The Bertz CT molecular complexity index is 417. The minimum atomic E-state index is -3.19. The van der Waals surface area contributed by atoms with E-state index in [9.17, 15) is 8.42 Å². The first-order chi connectivity index (χ1) is 6.88. The molecule has 4 nitrogen and oxygen atoms in total. The van der Waals surface area contributed by atoms with Gasteiger partial charge in [-0.25, -0.2) is 17.7 Å². The van der Waals surface area contributed by atoms with Crippen LogP contribution in [-0.2, 0) is 10.0 Å². The highest BCUT2D eigenvalue weighted by Gasteiger charge is 2.20. The van der Waals surface area contributed by atoms with E-state index in [0.29, 0.717) is 11.6 Å². The number of hydrogen-bond acceptors (Lipinski definition) is 4. The fourth-order valence-corrected chi connectivity index (χ4v) is 3.40. The minimum Gasteiger partial charge on any atom is -0.248 e. The lowest BCUT2D eigenvalue weighted by Gasteiger charge is -2.15. The van der Waals surface area contributed by atoms with E-state index in [0.717, 1.165) is 10.6 Å². The van der Waals surface area contributed by atoms with Crippen molar-refractivity contribution in [1.82, 2.24) is 4.98 Å². The largest absolute Gasteiger partial charge is 0.248 e. The monoisotopic (exact) mass is 248 g/mol. The Morgan fingerprint density at radius 3 is 2.40 bits per heavy atom. The number of hydrogen-bond donors (Lipinski definition) is 0. The van der Waals surface area contributed by atoms with Crippen molar-refractivity contribution in [1.29, 1.82) is 0 Å². The summed E-state index contributed by atoms with van der Waals surface area (Å²) >= 11 is 1.41. The highest BCUT2D eigenvalue weighted by atomic mass is 32.2. The Morgan fingerprint density at radius 1 is 1.40 bits per heavy atom. The van der Waals surface area contributed by atoms with Gasteiger partial charge in [0.25, 0.3) is 0 Å². The van der Waals surface area contributed by atoms with Crippen LogP contribution in [0.25, 0.3) is 0 Å². The zero-order chi connectivity index (χ0) is 11.6. The van der Waals surface area contributed by atoms with Crippen molar-refractivity contribution in [3.05, 3.63) is 10.6 Å². The van der Waals surface area contributed by atoms with Crippen molar-refractivity contribution in [3.8, 4) is 0 Å². The van der Waals surface area contributed by atoms with Crippen LogP contribution in [0.15, 0.2) is 0 Å². The Kier molecular flexibility index (Phi) is 3.72. The lowest BCUT2D eigenvalue weighted by molar-refractivity contribution is 0.593. The van der Waals surface area contributed by atoms with Crippen molar-refractivity contribution in [2.45, 2.75) is 27.2 Å². The van der Waals surface area contributed by atoms with Crippen LogP contribution in [0.5, 0.6) is 0 Å². The average molecular weight is 248 g/mol. The number of nitrogens with zero attached hydrogens (tertiary/aromatic N) is 2. The van der Waals surface area contributed by atoms with Crippen molar-refractivity contribution in [2.24, 2.45) is 0 Å². The van der Waals surface area contributed by atoms with Crippen LogP contribution in [0, 0.1) is 13.8 Å². The summed E-state index contributed by atoms with van der Waals surface area (Å²) in [7, 11) is -1.63. The van der Waals surface area contributed by atoms with Gasteiger partial charge in [0.05, 0.1) is 11.4 Å². The molecule has 0 bridgehead atoms. The zero-order valence-electron chi connectivity index (χ0n) is 9.44. The fraction of sp³-hybridized carbons (Fsp3) is 0.667. The third-order valence-corrected chi connectivity index (χ3v) is 5.36. The third kappa shape index (κ3) is 2.69. The number of anilines is 1. The molecule has 0 amide bonds. The molecule has 1 rings (SSSR count). The molecule has 1 aromatic rings. The maximum Gasteiger partial charge on any atom is 0.236 e. The molecule has 0 aromatic carbocycles. The molecule has 86 valence electrons. The normalized spacial score (nSPS) is 11.7. The molecule has 0 fully saturated rings. The van der Waals surface area contributed by atoms with Gasteiger partial charge in [-0.3, -0.25) is 0 Å². The molecule has 0 aliphatic carbocycles.